The number of nitrogens with one attached hydrogen (secondary N) is 2. The third-order valence-electron chi connectivity index (χ3n) is 3.27. The summed E-state index contributed by atoms with van der Waals surface area (Å²) in [5.74, 6) is 1.21. The van der Waals surface area contributed by atoms with Crippen molar-refractivity contribution in [2.45, 2.75) is 58.4 Å². The summed E-state index contributed by atoms with van der Waals surface area (Å²) >= 11 is 0. The second-order valence-electron chi connectivity index (χ2n) is 5.78. The number of nitrogens with zero attached hydrogens (tertiary/aromatic N) is 2. The summed E-state index contributed by atoms with van der Waals surface area (Å²) in [4.78, 5) is 20.4. The van der Waals surface area contributed by atoms with Gasteiger partial charge in [0.25, 0.3) is 0 Å². The van der Waals surface area contributed by atoms with E-state index in [4.69, 9.17) is 0 Å². The van der Waals surface area contributed by atoms with E-state index in [1.165, 1.54) is 0 Å². The number of rotatable bonds is 7. The molecule has 1 heterocycles. The summed E-state index contributed by atoms with van der Waals surface area (Å²) < 4.78 is 0. The molecule has 1 saturated carbocycles. The van der Waals surface area contributed by atoms with Crippen LogP contribution in [0.25, 0.3) is 0 Å². The van der Waals surface area contributed by atoms with Crippen LogP contribution < -0.4 is 10.6 Å². The third-order valence-corrected chi connectivity index (χ3v) is 3.27. The standard InChI is InChI=1S/C15H24N4O/c1-10(2)13-9-11(3)17-15(19-13)16-8-4-5-14(20)18-12-6-7-12/h9-10,12H,4-8H2,1-3H3,(H,18,20)(H,16,17,19). The molecule has 2 N–H and O–H groups in total. The van der Waals surface area contributed by atoms with Crippen molar-refractivity contribution in [3.05, 3.63) is 17.5 Å². The molecule has 1 aromatic rings. The molecule has 1 aliphatic rings. The minimum absolute atomic E-state index is 0.155. The monoisotopic (exact) mass is 276 g/mol. The van der Waals surface area contributed by atoms with Gasteiger partial charge in [0.15, 0.2) is 0 Å². The predicted octanol–water partition coefficient (Wildman–Crippen LogP) is 2.38. The maximum atomic E-state index is 11.5. The number of hydrogen-bond donors (Lipinski definition) is 2. The Balaban J connectivity index is 1.74. The molecule has 0 spiro atoms. The Morgan fingerprint density at radius 1 is 1.40 bits per heavy atom. The van der Waals surface area contributed by atoms with Crippen molar-refractivity contribution in [3.63, 3.8) is 0 Å². The van der Waals surface area contributed by atoms with Gasteiger partial charge in [0.05, 0.1) is 0 Å². The first-order chi connectivity index (χ1) is 9.54. The Hall–Kier alpha value is -1.65. The summed E-state index contributed by atoms with van der Waals surface area (Å²) in [6.07, 6.45) is 3.64. The van der Waals surface area contributed by atoms with Crippen LogP contribution in [0.15, 0.2) is 6.07 Å². The highest BCUT2D eigenvalue weighted by Gasteiger charge is 2.22. The first-order valence-electron chi connectivity index (χ1n) is 7.43. The highest BCUT2D eigenvalue weighted by atomic mass is 16.1. The van der Waals surface area contributed by atoms with Crippen LogP contribution in [0, 0.1) is 6.92 Å². The number of carbonyl (C=O) groups is 1. The molecule has 5 nitrogen and oxygen atoms in total. The van der Waals surface area contributed by atoms with Gasteiger partial charge in [-0.3, -0.25) is 4.79 Å². The molecule has 0 radical (unpaired) electrons. The lowest BCUT2D eigenvalue weighted by Crippen LogP contribution is -2.25. The SMILES string of the molecule is Cc1cc(C(C)C)nc(NCCCC(=O)NC2CC2)n1. The summed E-state index contributed by atoms with van der Waals surface area (Å²) in [6, 6.07) is 2.46. The van der Waals surface area contributed by atoms with Crippen LogP contribution in [0.3, 0.4) is 0 Å². The molecule has 5 heteroatoms. The number of aryl methyl sites for hydroxylation is 1. The number of amides is 1. The lowest BCUT2D eigenvalue weighted by atomic mass is 10.1. The first kappa shape index (κ1) is 14.8. The molecule has 0 bridgehead atoms. The van der Waals surface area contributed by atoms with Crippen LogP contribution in [0.5, 0.6) is 0 Å². The largest absolute Gasteiger partial charge is 0.354 e. The normalized spacial score (nSPS) is 14.4. The van der Waals surface area contributed by atoms with Crippen LogP contribution in [-0.4, -0.2) is 28.5 Å². The van der Waals surface area contributed by atoms with E-state index in [2.05, 4.69) is 34.4 Å². The van der Waals surface area contributed by atoms with Gasteiger partial charge in [-0.2, -0.15) is 0 Å². The average molecular weight is 276 g/mol. The van der Waals surface area contributed by atoms with E-state index in [0.717, 1.165) is 37.2 Å². The Morgan fingerprint density at radius 3 is 2.80 bits per heavy atom. The molecule has 0 unspecified atom stereocenters. The minimum Gasteiger partial charge on any atom is -0.354 e. The fourth-order valence-corrected chi connectivity index (χ4v) is 1.94. The van der Waals surface area contributed by atoms with Crippen molar-refractivity contribution in [1.82, 2.24) is 15.3 Å². The zero-order valence-electron chi connectivity index (χ0n) is 12.6. The Labute approximate surface area is 120 Å². The lowest BCUT2D eigenvalue weighted by Gasteiger charge is -2.10. The van der Waals surface area contributed by atoms with Gasteiger partial charge in [-0.25, -0.2) is 9.97 Å². The van der Waals surface area contributed by atoms with E-state index in [0.29, 0.717) is 24.3 Å². The summed E-state index contributed by atoms with van der Waals surface area (Å²) in [5.41, 5.74) is 2.02. The van der Waals surface area contributed by atoms with E-state index < -0.39 is 0 Å². The van der Waals surface area contributed by atoms with Gasteiger partial charge >= 0.3 is 0 Å². The van der Waals surface area contributed by atoms with Gasteiger partial charge in [0.1, 0.15) is 0 Å². The molecule has 110 valence electrons. The van der Waals surface area contributed by atoms with Crippen LogP contribution >= 0.6 is 0 Å². The molecule has 2 rings (SSSR count). The van der Waals surface area contributed by atoms with Crippen molar-refractivity contribution in [2.75, 3.05) is 11.9 Å². The fourth-order valence-electron chi connectivity index (χ4n) is 1.94. The quantitative estimate of drug-likeness (QED) is 0.750. The van der Waals surface area contributed by atoms with Gasteiger partial charge in [0, 0.05) is 30.4 Å². The second-order valence-corrected chi connectivity index (χ2v) is 5.78. The van der Waals surface area contributed by atoms with Crippen LogP contribution in [0.2, 0.25) is 0 Å². The summed E-state index contributed by atoms with van der Waals surface area (Å²) in [7, 11) is 0. The lowest BCUT2D eigenvalue weighted by molar-refractivity contribution is -0.121. The molecular weight excluding hydrogens is 252 g/mol. The van der Waals surface area contributed by atoms with E-state index in [9.17, 15) is 4.79 Å². The van der Waals surface area contributed by atoms with E-state index in [1.54, 1.807) is 0 Å². The van der Waals surface area contributed by atoms with Crippen molar-refractivity contribution in [1.29, 1.82) is 0 Å². The molecule has 0 saturated heterocycles. The highest BCUT2D eigenvalue weighted by molar-refractivity contribution is 5.76. The van der Waals surface area contributed by atoms with Crippen molar-refractivity contribution in [2.24, 2.45) is 0 Å². The van der Waals surface area contributed by atoms with Crippen LogP contribution in [0.4, 0.5) is 5.95 Å². The molecule has 0 aliphatic heterocycles. The molecular formula is C15H24N4O. The van der Waals surface area contributed by atoms with Crippen molar-refractivity contribution < 1.29 is 4.79 Å². The zero-order chi connectivity index (χ0) is 14.5. The predicted molar refractivity (Wildman–Crippen MR) is 79.7 cm³/mol. The number of hydrogen-bond acceptors (Lipinski definition) is 4. The number of aromatic nitrogens is 2. The third kappa shape index (κ3) is 4.79. The Bertz CT molecular complexity index is 469. The molecule has 20 heavy (non-hydrogen) atoms. The Morgan fingerprint density at radius 2 is 2.15 bits per heavy atom. The van der Waals surface area contributed by atoms with Gasteiger partial charge in [0.2, 0.25) is 11.9 Å². The Kier molecular flexibility index (Phi) is 4.93. The van der Waals surface area contributed by atoms with Crippen LogP contribution in [0.1, 0.15) is 56.8 Å². The average Bonchev–Trinajstić information content (AvgIpc) is 3.18. The smallest absolute Gasteiger partial charge is 0.223 e. The van der Waals surface area contributed by atoms with E-state index in [-0.39, 0.29) is 5.91 Å². The van der Waals surface area contributed by atoms with E-state index in [1.807, 2.05) is 13.0 Å². The zero-order valence-corrected chi connectivity index (χ0v) is 12.6. The first-order valence-corrected chi connectivity index (χ1v) is 7.43. The minimum atomic E-state index is 0.155. The molecule has 1 aromatic heterocycles. The highest BCUT2D eigenvalue weighted by Crippen LogP contribution is 2.18. The molecule has 1 fully saturated rings. The van der Waals surface area contributed by atoms with Crippen LogP contribution in [-0.2, 0) is 4.79 Å². The molecule has 1 aliphatic carbocycles. The molecule has 0 aromatic carbocycles. The van der Waals surface area contributed by atoms with Gasteiger partial charge in [-0.05, 0) is 38.2 Å². The molecule has 1 amide bonds. The number of anilines is 1. The van der Waals surface area contributed by atoms with Crippen molar-refractivity contribution in [3.8, 4) is 0 Å². The summed E-state index contributed by atoms with van der Waals surface area (Å²) in [6.45, 7) is 6.93. The van der Waals surface area contributed by atoms with Gasteiger partial charge in [-0.15, -0.1) is 0 Å². The molecule has 0 atom stereocenters. The maximum absolute atomic E-state index is 11.5. The van der Waals surface area contributed by atoms with Crippen molar-refractivity contribution >= 4 is 11.9 Å². The van der Waals surface area contributed by atoms with Gasteiger partial charge < -0.3 is 10.6 Å². The topological polar surface area (TPSA) is 66.9 Å². The van der Waals surface area contributed by atoms with Gasteiger partial charge in [-0.1, -0.05) is 13.8 Å². The number of carbonyl (C=O) groups excluding carboxylic acids is 1. The summed E-state index contributed by atoms with van der Waals surface area (Å²) in [5, 5.41) is 6.19. The fraction of sp³-hybridized carbons (Fsp3) is 0.667. The second kappa shape index (κ2) is 6.68. The maximum Gasteiger partial charge on any atom is 0.223 e. The van der Waals surface area contributed by atoms with E-state index >= 15 is 0 Å².